The van der Waals surface area contributed by atoms with Crippen LogP contribution in [0.15, 0.2) is 29.2 Å². The second-order valence-corrected chi connectivity index (χ2v) is 5.75. The molecule has 0 spiro atoms. The largest absolute Gasteiger partial charge is 0.326 e. The van der Waals surface area contributed by atoms with E-state index in [4.69, 9.17) is 5.73 Å². The van der Waals surface area contributed by atoms with Crippen LogP contribution in [0.5, 0.6) is 0 Å². The monoisotopic (exact) mass is 244 g/mol. The normalized spacial score (nSPS) is 12.1. The zero-order chi connectivity index (χ0) is 13.5. The van der Waals surface area contributed by atoms with E-state index in [1.54, 1.807) is 11.6 Å². The second-order valence-electron chi connectivity index (χ2n) is 5.75. The maximum absolute atomic E-state index is 12.2. The molecule has 1 aromatic heterocycles. The Labute approximate surface area is 107 Å². The molecule has 2 aromatic rings. The number of aryl methyl sites for hydroxylation is 1. The van der Waals surface area contributed by atoms with Gasteiger partial charge < -0.3 is 10.3 Å². The number of nitrogens with two attached hydrogens (primary N) is 1. The van der Waals surface area contributed by atoms with Crippen LogP contribution < -0.4 is 11.3 Å². The predicted molar refractivity (Wildman–Crippen MR) is 75.8 cm³/mol. The van der Waals surface area contributed by atoms with Crippen molar-refractivity contribution in [1.29, 1.82) is 0 Å². The number of hydrogen-bond acceptors (Lipinski definition) is 2. The standard InChI is InChI=1S/C15H20N2O/c1-15(2,3)12-9-17(4)14(18)11-7-5-6-10(8-16)13(11)12/h5-7,9H,8,16H2,1-4H3. The molecule has 18 heavy (non-hydrogen) atoms. The molecule has 2 N–H and O–H groups in total. The molecule has 0 saturated heterocycles. The lowest BCUT2D eigenvalue weighted by Gasteiger charge is -2.23. The minimum absolute atomic E-state index is 0.0189. The van der Waals surface area contributed by atoms with Crippen LogP contribution in [0.1, 0.15) is 31.9 Å². The van der Waals surface area contributed by atoms with E-state index in [1.807, 2.05) is 24.4 Å². The highest BCUT2D eigenvalue weighted by molar-refractivity contribution is 5.88. The van der Waals surface area contributed by atoms with Crippen LogP contribution in [0, 0.1) is 0 Å². The highest BCUT2D eigenvalue weighted by atomic mass is 16.1. The number of aromatic nitrogens is 1. The number of hydrogen-bond donors (Lipinski definition) is 1. The molecule has 0 aliphatic heterocycles. The lowest BCUT2D eigenvalue weighted by atomic mass is 9.83. The third-order valence-electron chi connectivity index (χ3n) is 3.32. The van der Waals surface area contributed by atoms with Crippen molar-refractivity contribution in [3.63, 3.8) is 0 Å². The van der Waals surface area contributed by atoms with Crippen LogP contribution in [-0.2, 0) is 19.0 Å². The molecule has 96 valence electrons. The number of pyridine rings is 1. The average molecular weight is 244 g/mol. The van der Waals surface area contributed by atoms with E-state index in [9.17, 15) is 4.79 Å². The molecule has 0 aliphatic carbocycles. The van der Waals surface area contributed by atoms with E-state index in [2.05, 4.69) is 20.8 Å². The van der Waals surface area contributed by atoms with Crippen LogP contribution in [-0.4, -0.2) is 4.57 Å². The van der Waals surface area contributed by atoms with Gasteiger partial charge in [0.15, 0.2) is 0 Å². The third kappa shape index (κ3) is 1.95. The van der Waals surface area contributed by atoms with E-state index < -0.39 is 0 Å². The van der Waals surface area contributed by atoms with Crippen LogP contribution in [0.25, 0.3) is 10.8 Å². The highest BCUT2D eigenvalue weighted by Gasteiger charge is 2.20. The summed E-state index contributed by atoms with van der Waals surface area (Å²) in [6.07, 6.45) is 1.93. The molecular formula is C15H20N2O. The summed E-state index contributed by atoms with van der Waals surface area (Å²) >= 11 is 0. The van der Waals surface area contributed by atoms with Gasteiger partial charge >= 0.3 is 0 Å². The van der Waals surface area contributed by atoms with Crippen LogP contribution in [0.4, 0.5) is 0 Å². The van der Waals surface area contributed by atoms with Crippen molar-refractivity contribution in [2.75, 3.05) is 0 Å². The lowest BCUT2D eigenvalue weighted by Crippen LogP contribution is -2.23. The Kier molecular flexibility index (Phi) is 3.03. The van der Waals surface area contributed by atoms with Gasteiger partial charge in [-0.2, -0.15) is 0 Å². The summed E-state index contributed by atoms with van der Waals surface area (Å²) in [7, 11) is 1.80. The smallest absolute Gasteiger partial charge is 0.258 e. The van der Waals surface area contributed by atoms with Crippen LogP contribution in [0.2, 0.25) is 0 Å². The molecule has 1 heterocycles. The Morgan fingerprint density at radius 3 is 2.50 bits per heavy atom. The van der Waals surface area contributed by atoms with Crippen LogP contribution >= 0.6 is 0 Å². The molecule has 2 rings (SSSR count). The summed E-state index contributed by atoms with van der Waals surface area (Å²) in [4.78, 5) is 12.2. The third-order valence-corrected chi connectivity index (χ3v) is 3.32. The second kappa shape index (κ2) is 4.25. The lowest BCUT2D eigenvalue weighted by molar-refractivity contribution is 0.587. The van der Waals surface area contributed by atoms with Crippen molar-refractivity contribution < 1.29 is 0 Å². The van der Waals surface area contributed by atoms with Gasteiger partial charge in [-0.15, -0.1) is 0 Å². The molecule has 0 atom stereocenters. The molecule has 0 saturated carbocycles. The van der Waals surface area contributed by atoms with Crippen LogP contribution in [0.3, 0.4) is 0 Å². The van der Waals surface area contributed by atoms with Crippen molar-refractivity contribution in [1.82, 2.24) is 4.57 Å². The quantitative estimate of drug-likeness (QED) is 0.836. The minimum Gasteiger partial charge on any atom is -0.326 e. The highest BCUT2D eigenvalue weighted by Crippen LogP contribution is 2.30. The minimum atomic E-state index is -0.0189. The van der Waals surface area contributed by atoms with E-state index in [0.29, 0.717) is 6.54 Å². The molecule has 0 bridgehead atoms. The zero-order valence-electron chi connectivity index (χ0n) is 11.4. The van der Waals surface area contributed by atoms with Gasteiger partial charge in [0.25, 0.3) is 5.56 Å². The van der Waals surface area contributed by atoms with Crippen molar-refractivity contribution >= 4 is 10.8 Å². The molecule has 1 aromatic carbocycles. The first-order chi connectivity index (χ1) is 8.36. The Hall–Kier alpha value is -1.61. The topological polar surface area (TPSA) is 48.0 Å². The fourth-order valence-electron chi connectivity index (χ4n) is 2.34. The first-order valence-electron chi connectivity index (χ1n) is 6.18. The molecular weight excluding hydrogens is 224 g/mol. The summed E-state index contributed by atoms with van der Waals surface area (Å²) in [6, 6.07) is 5.78. The SMILES string of the molecule is Cn1cc(C(C)(C)C)c2c(CN)cccc2c1=O. The van der Waals surface area contributed by atoms with Crippen molar-refractivity contribution in [2.24, 2.45) is 12.8 Å². The fourth-order valence-corrected chi connectivity index (χ4v) is 2.34. The first-order valence-corrected chi connectivity index (χ1v) is 6.18. The van der Waals surface area contributed by atoms with Gasteiger partial charge in [0.2, 0.25) is 0 Å². The van der Waals surface area contributed by atoms with Gasteiger partial charge in [0.05, 0.1) is 0 Å². The van der Waals surface area contributed by atoms with Crippen molar-refractivity contribution in [3.8, 4) is 0 Å². The molecule has 0 fully saturated rings. The Morgan fingerprint density at radius 2 is 1.94 bits per heavy atom. The molecule has 3 heteroatoms. The Bertz CT molecular complexity index is 648. The number of nitrogens with zero attached hydrogens (tertiary/aromatic N) is 1. The molecule has 0 amide bonds. The van der Waals surface area contributed by atoms with Gasteiger partial charge in [0, 0.05) is 25.2 Å². The molecule has 0 aliphatic rings. The van der Waals surface area contributed by atoms with Gasteiger partial charge in [-0.3, -0.25) is 4.79 Å². The van der Waals surface area contributed by atoms with E-state index in [-0.39, 0.29) is 11.0 Å². The summed E-state index contributed by atoms with van der Waals surface area (Å²) in [6.45, 7) is 6.91. The van der Waals surface area contributed by atoms with Gasteiger partial charge in [-0.25, -0.2) is 0 Å². The summed E-state index contributed by atoms with van der Waals surface area (Å²) in [5.41, 5.74) is 8.03. The molecule has 0 radical (unpaired) electrons. The maximum Gasteiger partial charge on any atom is 0.258 e. The number of benzene rings is 1. The fraction of sp³-hybridized carbons (Fsp3) is 0.400. The van der Waals surface area contributed by atoms with E-state index in [0.717, 1.165) is 16.3 Å². The van der Waals surface area contributed by atoms with E-state index >= 15 is 0 Å². The predicted octanol–water partition coefficient (Wildman–Crippen LogP) is 2.29. The molecule has 0 unspecified atom stereocenters. The molecule has 3 nitrogen and oxygen atoms in total. The summed E-state index contributed by atoms with van der Waals surface area (Å²) < 4.78 is 1.66. The van der Waals surface area contributed by atoms with Gasteiger partial charge in [-0.1, -0.05) is 32.9 Å². The number of rotatable bonds is 1. The Balaban J connectivity index is 3.03. The zero-order valence-corrected chi connectivity index (χ0v) is 11.4. The number of fused-ring (bicyclic) bond motifs is 1. The maximum atomic E-state index is 12.2. The average Bonchev–Trinajstić information content (AvgIpc) is 2.31. The van der Waals surface area contributed by atoms with Gasteiger partial charge in [0.1, 0.15) is 0 Å². The Morgan fingerprint density at radius 1 is 1.28 bits per heavy atom. The van der Waals surface area contributed by atoms with Crippen molar-refractivity contribution in [3.05, 3.63) is 45.9 Å². The van der Waals surface area contributed by atoms with Gasteiger partial charge in [-0.05, 0) is 28.0 Å². The first kappa shape index (κ1) is 12.8. The van der Waals surface area contributed by atoms with E-state index in [1.165, 1.54) is 5.56 Å². The summed E-state index contributed by atoms with van der Waals surface area (Å²) in [5.74, 6) is 0. The summed E-state index contributed by atoms with van der Waals surface area (Å²) in [5, 5.41) is 1.78. The van der Waals surface area contributed by atoms with Crippen molar-refractivity contribution in [2.45, 2.75) is 32.7 Å².